The van der Waals surface area contributed by atoms with Crippen molar-refractivity contribution in [3.63, 3.8) is 0 Å². The maximum absolute atomic E-state index is 9.74. The number of aliphatic hydroxyl groups is 1. The summed E-state index contributed by atoms with van der Waals surface area (Å²) in [5.74, 6) is 1.26. The van der Waals surface area contributed by atoms with Gasteiger partial charge in [0.15, 0.2) is 5.65 Å². The van der Waals surface area contributed by atoms with Crippen LogP contribution in [0.4, 0.5) is 5.82 Å². The molecule has 2 aromatic carbocycles. The molecule has 5 rings (SSSR count). The van der Waals surface area contributed by atoms with Crippen LogP contribution in [-0.2, 0) is 0 Å². The van der Waals surface area contributed by atoms with Crippen molar-refractivity contribution in [2.24, 2.45) is 0 Å². The molecule has 0 unspecified atom stereocenters. The van der Waals surface area contributed by atoms with Crippen LogP contribution in [0.25, 0.3) is 28.0 Å². The van der Waals surface area contributed by atoms with Crippen LogP contribution in [-0.4, -0.2) is 64.1 Å². The van der Waals surface area contributed by atoms with Crippen LogP contribution in [0.1, 0.15) is 5.69 Å². The van der Waals surface area contributed by atoms with Crippen molar-refractivity contribution in [3.05, 3.63) is 66.4 Å². The summed E-state index contributed by atoms with van der Waals surface area (Å²) in [4.78, 5) is 8.81. The van der Waals surface area contributed by atoms with Crippen LogP contribution >= 0.6 is 0 Å². The number of fused-ring (bicyclic) bond motifs is 1. The van der Waals surface area contributed by atoms with E-state index in [0.717, 1.165) is 72.3 Å². The maximum atomic E-state index is 9.74. The molecule has 2 aromatic heterocycles. The number of phenols is 1. The smallest absolute Gasteiger partial charge is 0.166 e. The number of aromatic nitrogens is 3. The Morgan fingerprint density at radius 3 is 2.38 bits per heavy atom. The fourth-order valence-corrected chi connectivity index (χ4v) is 4.52. The molecule has 164 valence electrons. The lowest BCUT2D eigenvalue weighted by atomic mass is 10.1. The minimum Gasteiger partial charge on any atom is -0.508 e. The molecule has 0 saturated carbocycles. The third-order valence-corrected chi connectivity index (χ3v) is 6.23. The number of quaternary nitrogens is 1. The molecule has 1 fully saturated rings. The van der Waals surface area contributed by atoms with Crippen LogP contribution in [0.15, 0.2) is 60.7 Å². The highest BCUT2D eigenvalue weighted by molar-refractivity contribution is 5.83. The third-order valence-electron chi connectivity index (χ3n) is 6.23. The average molecular weight is 431 g/mol. The Labute approximate surface area is 187 Å². The zero-order valence-electron chi connectivity index (χ0n) is 18.2. The van der Waals surface area contributed by atoms with Gasteiger partial charge in [0.05, 0.1) is 44.2 Å². The summed E-state index contributed by atoms with van der Waals surface area (Å²) in [5.41, 5.74) is 5.72. The van der Waals surface area contributed by atoms with Gasteiger partial charge < -0.3 is 20.0 Å². The predicted molar refractivity (Wildman–Crippen MR) is 125 cm³/mol. The fourth-order valence-electron chi connectivity index (χ4n) is 4.52. The Morgan fingerprint density at radius 1 is 0.969 bits per heavy atom. The van der Waals surface area contributed by atoms with E-state index in [1.54, 1.807) is 12.1 Å². The van der Waals surface area contributed by atoms with Crippen molar-refractivity contribution in [1.82, 2.24) is 14.6 Å². The summed E-state index contributed by atoms with van der Waals surface area (Å²) in [6.07, 6.45) is 0. The highest BCUT2D eigenvalue weighted by Crippen LogP contribution is 2.33. The van der Waals surface area contributed by atoms with Gasteiger partial charge in [-0.1, -0.05) is 30.3 Å². The minimum atomic E-state index is 0.221. The second-order valence-electron chi connectivity index (χ2n) is 8.32. The lowest BCUT2D eigenvalue weighted by Gasteiger charge is -2.33. The van der Waals surface area contributed by atoms with E-state index in [1.165, 1.54) is 4.90 Å². The van der Waals surface area contributed by atoms with Gasteiger partial charge in [-0.15, -0.1) is 0 Å². The van der Waals surface area contributed by atoms with Gasteiger partial charge in [-0.05, 0) is 36.8 Å². The quantitative estimate of drug-likeness (QED) is 0.450. The Balaban J connectivity index is 1.66. The van der Waals surface area contributed by atoms with Gasteiger partial charge in [0.2, 0.25) is 0 Å². The van der Waals surface area contributed by atoms with Gasteiger partial charge in [0, 0.05) is 17.2 Å². The van der Waals surface area contributed by atoms with Crippen molar-refractivity contribution in [3.8, 4) is 28.1 Å². The summed E-state index contributed by atoms with van der Waals surface area (Å²) < 4.78 is 1.97. The summed E-state index contributed by atoms with van der Waals surface area (Å²) >= 11 is 0. The van der Waals surface area contributed by atoms with Gasteiger partial charge in [0.1, 0.15) is 18.1 Å². The van der Waals surface area contributed by atoms with E-state index in [1.807, 2.05) is 41.8 Å². The predicted octanol–water partition coefficient (Wildman–Crippen LogP) is 1.77. The highest BCUT2D eigenvalue weighted by Gasteiger charge is 2.24. The van der Waals surface area contributed by atoms with Crippen molar-refractivity contribution >= 4 is 11.5 Å². The van der Waals surface area contributed by atoms with Crippen LogP contribution in [0.2, 0.25) is 0 Å². The van der Waals surface area contributed by atoms with Gasteiger partial charge in [-0.2, -0.15) is 9.61 Å². The van der Waals surface area contributed by atoms with E-state index in [0.29, 0.717) is 0 Å². The molecule has 4 aromatic rings. The second-order valence-corrected chi connectivity index (χ2v) is 8.32. The number of nitrogens with one attached hydrogen (secondary N) is 1. The van der Waals surface area contributed by atoms with E-state index in [-0.39, 0.29) is 12.4 Å². The largest absolute Gasteiger partial charge is 0.508 e. The first-order valence-electron chi connectivity index (χ1n) is 11.1. The summed E-state index contributed by atoms with van der Waals surface area (Å²) in [5, 5.41) is 23.9. The molecule has 1 aliphatic heterocycles. The number of benzene rings is 2. The third kappa shape index (κ3) is 3.81. The van der Waals surface area contributed by atoms with Gasteiger partial charge >= 0.3 is 0 Å². The van der Waals surface area contributed by atoms with Crippen molar-refractivity contribution in [2.75, 3.05) is 44.2 Å². The summed E-state index contributed by atoms with van der Waals surface area (Å²) in [7, 11) is 0. The lowest BCUT2D eigenvalue weighted by molar-refractivity contribution is -0.900. The van der Waals surface area contributed by atoms with E-state index in [2.05, 4.69) is 23.1 Å². The van der Waals surface area contributed by atoms with Crippen LogP contribution < -0.4 is 9.80 Å². The molecule has 32 heavy (non-hydrogen) atoms. The van der Waals surface area contributed by atoms with Crippen molar-refractivity contribution in [2.45, 2.75) is 6.92 Å². The molecule has 0 amide bonds. The average Bonchev–Trinajstić information content (AvgIpc) is 3.16. The normalized spacial score (nSPS) is 14.9. The van der Waals surface area contributed by atoms with Gasteiger partial charge in [0.25, 0.3) is 0 Å². The standard InChI is InChI=1S/C25H27N5O2/c1-18-24(20-5-3-2-4-6-20)25-26-22(19-7-9-21(32)10-8-19)17-23(30(25)27-18)29-13-11-28(12-14-29)15-16-31/h2-10,17,31-32H,11-16H2,1H3/p+1. The SMILES string of the molecule is Cc1nn2c(N3CC[NH+](CCO)CC3)cc(-c3ccc(O)cc3)nc2c1-c1ccccc1. The van der Waals surface area contributed by atoms with E-state index < -0.39 is 0 Å². The van der Waals surface area contributed by atoms with Crippen LogP contribution in [0.5, 0.6) is 5.75 Å². The summed E-state index contributed by atoms with van der Waals surface area (Å²) in [6.45, 7) is 6.78. The topological polar surface area (TPSA) is 78.3 Å². The first kappa shape index (κ1) is 20.5. The fraction of sp³-hybridized carbons (Fsp3) is 0.280. The molecule has 1 aliphatic rings. The number of aryl methyl sites for hydroxylation is 1. The molecule has 3 heterocycles. The molecule has 1 saturated heterocycles. The van der Waals surface area contributed by atoms with Crippen molar-refractivity contribution in [1.29, 1.82) is 0 Å². The molecular weight excluding hydrogens is 402 g/mol. The number of rotatable bonds is 5. The van der Waals surface area contributed by atoms with Crippen molar-refractivity contribution < 1.29 is 15.1 Å². The van der Waals surface area contributed by atoms with Crippen LogP contribution in [0, 0.1) is 6.92 Å². The number of hydrogen-bond donors (Lipinski definition) is 3. The maximum Gasteiger partial charge on any atom is 0.166 e. The minimum absolute atomic E-state index is 0.221. The number of aromatic hydroxyl groups is 1. The highest BCUT2D eigenvalue weighted by atomic mass is 16.3. The zero-order chi connectivity index (χ0) is 22.1. The van der Waals surface area contributed by atoms with Gasteiger partial charge in [-0.3, -0.25) is 0 Å². The van der Waals surface area contributed by atoms with Gasteiger partial charge in [-0.25, -0.2) is 4.98 Å². The zero-order valence-corrected chi connectivity index (χ0v) is 18.2. The number of anilines is 1. The Hall–Kier alpha value is -3.42. The lowest BCUT2D eigenvalue weighted by Crippen LogP contribution is -3.15. The molecular formula is C25H28N5O2+. The molecule has 0 atom stereocenters. The summed E-state index contributed by atoms with van der Waals surface area (Å²) in [6, 6.07) is 19.5. The molecule has 0 aliphatic carbocycles. The molecule has 3 N–H and O–H groups in total. The Kier molecular flexibility index (Phi) is 5.51. The van der Waals surface area contributed by atoms with E-state index in [9.17, 15) is 10.2 Å². The monoisotopic (exact) mass is 430 g/mol. The van der Waals surface area contributed by atoms with Crippen LogP contribution in [0.3, 0.4) is 0 Å². The Bertz CT molecular complexity index is 1210. The number of hydrogen-bond acceptors (Lipinski definition) is 5. The number of phenolic OH excluding ortho intramolecular Hbond substituents is 1. The molecule has 7 nitrogen and oxygen atoms in total. The number of piperazine rings is 1. The second kappa shape index (κ2) is 8.61. The molecule has 0 bridgehead atoms. The van der Waals surface area contributed by atoms with E-state index >= 15 is 0 Å². The van der Waals surface area contributed by atoms with E-state index in [4.69, 9.17) is 10.1 Å². The Morgan fingerprint density at radius 2 is 1.69 bits per heavy atom. The number of aliphatic hydroxyl groups excluding tert-OH is 1. The first-order chi connectivity index (χ1) is 15.6. The number of nitrogens with zero attached hydrogens (tertiary/aromatic N) is 4. The first-order valence-corrected chi connectivity index (χ1v) is 11.1. The molecule has 0 spiro atoms. The molecule has 7 heteroatoms. The molecule has 0 radical (unpaired) electrons.